The van der Waals surface area contributed by atoms with Crippen LogP contribution in [0, 0.1) is 0 Å². The van der Waals surface area contributed by atoms with E-state index < -0.39 is 0 Å². The molecule has 0 bridgehead atoms. The van der Waals surface area contributed by atoms with Crippen LogP contribution in [0.4, 0.5) is 0 Å². The fraction of sp³-hybridized carbons (Fsp3) is 0.500. The van der Waals surface area contributed by atoms with Gasteiger partial charge in [0, 0.05) is 6.54 Å². The van der Waals surface area contributed by atoms with Crippen molar-refractivity contribution >= 4 is 0 Å². The van der Waals surface area contributed by atoms with E-state index in [1.54, 1.807) is 0 Å². The summed E-state index contributed by atoms with van der Waals surface area (Å²) in [7, 11) is 0. The molecule has 1 aliphatic rings. The Bertz CT molecular complexity index is 191. The molecule has 10 heavy (non-hydrogen) atoms. The highest BCUT2D eigenvalue weighted by molar-refractivity contribution is 5.18. The van der Waals surface area contributed by atoms with Gasteiger partial charge in [-0.15, -0.1) is 0 Å². The van der Waals surface area contributed by atoms with Crippen molar-refractivity contribution in [3.8, 4) is 0 Å². The highest BCUT2D eigenvalue weighted by Crippen LogP contribution is 2.19. The van der Waals surface area contributed by atoms with E-state index in [9.17, 15) is 0 Å². The van der Waals surface area contributed by atoms with Gasteiger partial charge in [0.15, 0.2) is 0 Å². The lowest BCUT2D eigenvalue weighted by Crippen LogP contribution is -2.09. The van der Waals surface area contributed by atoms with E-state index in [-0.39, 0.29) is 0 Å². The second-order valence-corrected chi connectivity index (χ2v) is 2.48. The Hall–Kier alpha value is -0.760. The van der Waals surface area contributed by atoms with Gasteiger partial charge in [0.1, 0.15) is 5.76 Å². The van der Waals surface area contributed by atoms with Crippen LogP contribution in [0.25, 0.3) is 0 Å². The molecule has 0 aromatic heterocycles. The lowest BCUT2D eigenvalue weighted by atomic mass is 10.1. The van der Waals surface area contributed by atoms with Gasteiger partial charge >= 0.3 is 0 Å². The first kappa shape index (κ1) is 7.35. The summed E-state index contributed by atoms with van der Waals surface area (Å²) in [6, 6.07) is 0. The van der Waals surface area contributed by atoms with Gasteiger partial charge in [-0.2, -0.15) is 0 Å². The fourth-order valence-corrected chi connectivity index (χ4v) is 0.993. The highest BCUT2D eigenvalue weighted by Gasteiger charge is 2.06. The summed E-state index contributed by atoms with van der Waals surface area (Å²) >= 11 is 0. The summed E-state index contributed by atoms with van der Waals surface area (Å²) < 4.78 is 5.35. The second-order valence-electron chi connectivity index (χ2n) is 2.48. The van der Waals surface area contributed by atoms with E-state index in [0.717, 1.165) is 17.9 Å². The van der Waals surface area contributed by atoms with Crippen LogP contribution in [0.5, 0.6) is 0 Å². The molecule has 0 aromatic rings. The van der Waals surface area contributed by atoms with Crippen molar-refractivity contribution in [3.63, 3.8) is 0 Å². The normalized spacial score (nSPS) is 18.5. The van der Waals surface area contributed by atoms with Gasteiger partial charge in [-0.05, 0) is 31.9 Å². The molecule has 2 heteroatoms. The van der Waals surface area contributed by atoms with Gasteiger partial charge in [0.05, 0.1) is 5.76 Å². The fourth-order valence-electron chi connectivity index (χ4n) is 0.993. The minimum absolute atomic E-state index is 0.607. The molecule has 0 fully saturated rings. The van der Waals surface area contributed by atoms with Gasteiger partial charge in [0.2, 0.25) is 0 Å². The molecule has 0 atom stereocenters. The second kappa shape index (κ2) is 2.88. The molecule has 1 rings (SSSR count). The Morgan fingerprint density at radius 3 is 2.80 bits per heavy atom. The molecule has 0 spiro atoms. The Labute approximate surface area is 61.4 Å². The van der Waals surface area contributed by atoms with Gasteiger partial charge in [-0.3, -0.25) is 0 Å². The molecule has 0 radical (unpaired) electrons. The molecule has 2 N–H and O–H groups in total. The minimum Gasteiger partial charge on any atom is -0.467 e. The maximum Gasteiger partial charge on any atom is 0.101 e. The first-order valence-corrected chi connectivity index (χ1v) is 3.47. The topological polar surface area (TPSA) is 35.2 Å². The van der Waals surface area contributed by atoms with E-state index >= 15 is 0 Å². The molecular weight excluding hydrogens is 126 g/mol. The lowest BCUT2D eigenvalue weighted by molar-refractivity contribution is 0.293. The summed E-state index contributed by atoms with van der Waals surface area (Å²) in [6.07, 6.45) is 3.00. The highest BCUT2D eigenvalue weighted by atomic mass is 16.5. The average molecular weight is 139 g/mol. The van der Waals surface area contributed by atoms with Crippen molar-refractivity contribution in [1.29, 1.82) is 0 Å². The summed E-state index contributed by atoms with van der Waals surface area (Å²) in [5.74, 6) is 1.96. The molecule has 2 nitrogen and oxygen atoms in total. The Balaban J connectivity index is 2.68. The molecule has 0 aromatic carbocycles. The van der Waals surface area contributed by atoms with Gasteiger partial charge in [-0.1, -0.05) is 0 Å². The third-order valence-corrected chi connectivity index (χ3v) is 1.69. The largest absolute Gasteiger partial charge is 0.467 e. The van der Waals surface area contributed by atoms with Crippen LogP contribution in [0.1, 0.15) is 20.3 Å². The monoisotopic (exact) mass is 139 g/mol. The molecule has 0 unspecified atom stereocenters. The molecule has 0 saturated heterocycles. The predicted molar refractivity (Wildman–Crippen MR) is 41.2 cm³/mol. The van der Waals surface area contributed by atoms with Crippen molar-refractivity contribution in [1.82, 2.24) is 0 Å². The van der Waals surface area contributed by atoms with E-state index in [1.165, 1.54) is 5.57 Å². The van der Waals surface area contributed by atoms with Gasteiger partial charge < -0.3 is 10.5 Å². The van der Waals surface area contributed by atoms with E-state index in [0.29, 0.717) is 6.54 Å². The summed E-state index contributed by atoms with van der Waals surface area (Å²) in [5, 5.41) is 0. The summed E-state index contributed by atoms with van der Waals surface area (Å²) in [5.41, 5.74) is 6.67. The van der Waals surface area contributed by atoms with Gasteiger partial charge in [-0.25, -0.2) is 0 Å². The van der Waals surface area contributed by atoms with Crippen molar-refractivity contribution in [2.24, 2.45) is 5.73 Å². The molecule has 56 valence electrons. The standard InChI is InChI=1S/C8H13NO/c1-6-3-4-8(5-9)7(2)10-6/h3H,4-5,9H2,1-2H3. The summed E-state index contributed by atoms with van der Waals surface area (Å²) in [6.45, 7) is 4.52. The Morgan fingerprint density at radius 2 is 2.30 bits per heavy atom. The van der Waals surface area contributed by atoms with Crippen LogP contribution < -0.4 is 5.73 Å². The average Bonchev–Trinajstić information content (AvgIpc) is 1.88. The molecule has 1 heterocycles. The first-order chi connectivity index (χ1) is 4.74. The number of ether oxygens (including phenoxy) is 1. The smallest absolute Gasteiger partial charge is 0.101 e. The quantitative estimate of drug-likeness (QED) is 0.598. The van der Waals surface area contributed by atoms with Crippen LogP contribution in [0.3, 0.4) is 0 Å². The molecule has 0 amide bonds. The number of rotatable bonds is 1. The van der Waals surface area contributed by atoms with Crippen LogP contribution >= 0.6 is 0 Å². The number of allylic oxidation sites excluding steroid dienone is 3. The third kappa shape index (κ3) is 1.39. The molecule has 0 saturated carbocycles. The van der Waals surface area contributed by atoms with Crippen molar-refractivity contribution in [2.75, 3.05) is 6.54 Å². The zero-order valence-electron chi connectivity index (χ0n) is 6.48. The van der Waals surface area contributed by atoms with Gasteiger partial charge in [0.25, 0.3) is 0 Å². The molecular formula is C8H13NO. The van der Waals surface area contributed by atoms with Crippen molar-refractivity contribution < 1.29 is 4.74 Å². The van der Waals surface area contributed by atoms with Crippen LogP contribution in [-0.4, -0.2) is 6.54 Å². The Kier molecular flexibility index (Phi) is 2.12. The van der Waals surface area contributed by atoms with Crippen LogP contribution in [0.15, 0.2) is 23.2 Å². The number of hydrogen-bond donors (Lipinski definition) is 1. The van der Waals surface area contributed by atoms with E-state index in [2.05, 4.69) is 6.08 Å². The van der Waals surface area contributed by atoms with E-state index in [1.807, 2.05) is 13.8 Å². The van der Waals surface area contributed by atoms with E-state index in [4.69, 9.17) is 10.5 Å². The zero-order chi connectivity index (χ0) is 7.56. The number of nitrogens with two attached hydrogens (primary N) is 1. The Morgan fingerprint density at radius 1 is 1.60 bits per heavy atom. The molecule has 1 aliphatic heterocycles. The minimum atomic E-state index is 0.607. The van der Waals surface area contributed by atoms with Crippen molar-refractivity contribution in [2.45, 2.75) is 20.3 Å². The number of hydrogen-bond acceptors (Lipinski definition) is 2. The van der Waals surface area contributed by atoms with Crippen LogP contribution in [-0.2, 0) is 4.74 Å². The van der Waals surface area contributed by atoms with Crippen LogP contribution in [0.2, 0.25) is 0 Å². The predicted octanol–water partition coefficient (Wildman–Crippen LogP) is 1.54. The first-order valence-electron chi connectivity index (χ1n) is 3.47. The third-order valence-electron chi connectivity index (χ3n) is 1.69. The molecule has 0 aliphatic carbocycles. The maximum atomic E-state index is 5.47. The zero-order valence-corrected chi connectivity index (χ0v) is 6.48. The lowest BCUT2D eigenvalue weighted by Gasteiger charge is -2.15. The SMILES string of the molecule is CC1=CCC(CN)=C(C)O1. The van der Waals surface area contributed by atoms with Crippen molar-refractivity contribution in [3.05, 3.63) is 23.2 Å². The maximum absolute atomic E-state index is 5.47. The summed E-state index contributed by atoms with van der Waals surface area (Å²) in [4.78, 5) is 0.